The quantitative estimate of drug-likeness (QED) is 0.654. The van der Waals surface area contributed by atoms with Gasteiger partial charge in [0, 0.05) is 34.6 Å². The van der Waals surface area contributed by atoms with Crippen LogP contribution < -0.4 is 10.6 Å². The average molecular weight is 453 g/mol. The van der Waals surface area contributed by atoms with Crippen molar-refractivity contribution in [3.63, 3.8) is 0 Å². The van der Waals surface area contributed by atoms with E-state index in [-0.39, 0.29) is 36.0 Å². The van der Waals surface area contributed by atoms with Crippen LogP contribution in [0.3, 0.4) is 0 Å². The van der Waals surface area contributed by atoms with Crippen LogP contribution in [0.25, 0.3) is 0 Å². The fourth-order valence-electron chi connectivity index (χ4n) is 5.60. The molecular weight excluding hydrogens is 431 g/mol. The molecule has 5 rings (SSSR count). The first kappa shape index (κ1) is 20.3. The molecule has 2 aromatic carbocycles. The van der Waals surface area contributed by atoms with E-state index < -0.39 is 5.41 Å². The molecule has 31 heavy (non-hydrogen) atoms. The summed E-state index contributed by atoms with van der Waals surface area (Å²) in [5.74, 6) is -0.554. The topological polar surface area (TPSA) is 58.2 Å². The van der Waals surface area contributed by atoms with Crippen LogP contribution in [0.15, 0.2) is 66.8 Å². The number of rotatable bonds is 2. The predicted molar refractivity (Wildman–Crippen MR) is 123 cm³/mol. The van der Waals surface area contributed by atoms with Gasteiger partial charge >= 0.3 is 0 Å². The maximum Gasteiger partial charge on any atom is 0.236 e. The van der Waals surface area contributed by atoms with E-state index in [1.807, 2.05) is 48.6 Å². The number of fused-ring (bicyclic) bond motifs is 2. The van der Waals surface area contributed by atoms with Crippen LogP contribution in [-0.4, -0.2) is 18.4 Å². The lowest BCUT2D eigenvalue weighted by Crippen LogP contribution is -2.50. The molecule has 2 aromatic rings. The summed E-state index contributed by atoms with van der Waals surface area (Å²) in [5.41, 5.74) is 1.63. The van der Waals surface area contributed by atoms with Gasteiger partial charge in [0.2, 0.25) is 11.8 Å². The lowest BCUT2D eigenvalue weighted by Gasteiger charge is -2.43. The molecule has 1 unspecified atom stereocenters. The van der Waals surface area contributed by atoms with Crippen molar-refractivity contribution in [3.8, 4) is 0 Å². The van der Waals surface area contributed by atoms with E-state index in [2.05, 4.69) is 22.8 Å². The molecule has 2 heterocycles. The Morgan fingerprint density at radius 1 is 1.00 bits per heavy atom. The Hall–Kier alpha value is -2.56. The Morgan fingerprint density at radius 2 is 1.84 bits per heavy atom. The second-order valence-electron chi connectivity index (χ2n) is 8.45. The Kier molecular flexibility index (Phi) is 5.15. The van der Waals surface area contributed by atoms with Crippen molar-refractivity contribution in [2.45, 2.75) is 24.2 Å². The van der Waals surface area contributed by atoms with Crippen LogP contribution in [0.5, 0.6) is 0 Å². The zero-order valence-corrected chi connectivity index (χ0v) is 18.3. The smallest absolute Gasteiger partial charge is 0.236 e. The third-order valence-electron chi connectivity index (χ3n) is 6.88. The highest BCUT2D eigenvalue weighted by molar-refractivity contribution is 6.31. The van der Waals surface area contributed by atoms with Gasteiger partial charge in [-0.25, -0.2) is 0 Å². The molecule has 0 saturated carbocycles. The third kappa shape index (κ3) is 3.29. The molecule has 4 atom stereocenters. The lowest BCUT2D eigenvalue weighted by atomic mass is 9.56. The summed E-state index contributed by atoms with van der Waals surface area (Å²) in [5, 5.41) is 7.32. The number of hydrogen-bond donors (Lipinski definition) is 2. The number of allylic oxidation sites excluding steroid dienone is 4. The van der Waals surface area contributed by atoms with Crippen LogP contribution in [0, 0.1) is 11.8 Å². The summed E-state index contributed by atoms with van der Waals surface area (Å²) in [7, 11) is 0. The summed E-state index contributed by atoms with van der Waals surface area (Å²) in [6.45, 7) is 0.359. The fourth-order valence-corrected chi connectivity index (χ4v) is 5.97. The normalized spacial score (nSPS) is 29.4. The van der Waals surface area contributed by atoms with Crippen molar-refractivity contribution in [3.05, 3.63) is 87.9 Å². The molecule has 4 nitrogen and oxygen atoms in total. The van der Waals surface area contributed by atoms with Gasteiger partial charge in [0.05, 0.1) is 5.41 Å². The fraction of sp³-hybridized carbons (Fsp3) is 0.280. The highest BCUT2D eigenvalue weighted by atomic mass is 35.5. The molecule has 2 aliphatic heterocycles. The first-order chi connectivity index (χ1) is 15.0. The molecule has 0 aromatic heterocycles. The summed E-state index contributed by atoms with van der Waals surface area (Å²) in [4.78, 5) is 26.8. The van der Waals surface area contributed by atoms with E-state index >= 15 is 0 Å². The van der Waals surface area contributed by atoms with Gasteiger partial charge in [-0.05, 0) is 53.6 Å². The largest absolute Gasteiger partial charge is 0.355 e. The highest BCUT2D eigenvalue weighted by Gasteiger charge is 2.60. The second-order valence-corrected chi connectivity index (χ2v) is 9.32. The molecule has 1 spiro atoms. The number of halogens is 2. The number of benzene rings is 2. The number of nitrogens with one attached hydrogen (secondary N) is 2. The highest BCUT2D eigenvalue weighted by Crippen LogP contribution is 2.56. The standard InChI is InChI=1S/C25H22Cl2N2O2/c26-17-8-4-7-16(11-17)21-14-28-23(30)13-20(15-5-2-1-3-6-15)25(21)19-10-9-18(27)12-22(19)29-24(25)31/h1-5,7-12,15,20-21H,6,13-14H2,(H,28,30)(H,29,31)/t15?,20-,21+,25-/m1/s1. The van der Waals surface area contributed by atoms with E-state index in [4.69, 9.17) is 23.2 Å². The van der Waals surface area contributed by atoms with E-state index in [0.29, 0.717) is 16.6 Å². The van der Waals surface area contributed by atoms with Gasteiger partial charge < -0.3 is 10.6 Å². The minimum Gasteiger partial charge on any atom is -0.355 e. The molecule has 0 bridgehead atoms. The zero-order valence-electron chi connectivity index (χ0n) is 16.8. The van der Waals surface area contributed by atoms with E-state index in [0.717, 1.165) is 23.2 Å². The Labute approximate surface area is 191 Å². The first-order valence-corrected chi connectivity index (χ1v) is 11.2. The number of amides is 2. The molecule has 3 aliphatic rings. The molecule has 1 fully saturated rings. The number of carbonyl (C=O) groups excluding carboxylic acids is 2. The first-order valence-electron chi connectivity index (χ1n) is 10.5. The van der Waals surface area contributed by atoms with Gasteiger partial charge in [0.1, 0.15) is 0 Å². The predicted octanol–water partition coefficient (Wildman–Crippen LogP) is 5.24. The van der Waals surface area contributed by atoms with Crippen LogP contribution in [-0.2, 0) is 15.0 Å². The number of anilines is 1. The molecule has 1 aliphatic carbocycles. The summed E-state index contributed by atoms with van der Waals surface area (Å²) in [6, 6.07) is 13.2. The number of carbonyl (C=O) groups is 2. The van der Waals surface area contributed by atoms with Crippen molar-refractivity contribution in [2.75, 3.05) is 11.9 Å². The molecule has 6 heteroatoms. The Morgan fingerprint density at radius 3 is 2.61 bits per heavy atom. The average Bonchev–Trinajstić information content (AvgIpc) is 2.93. The van der Waals surface area contributed by atoms with Crippen LogP contribution in [0.4, 0.5) is 5.69 Å². The third-order valence-corrected chi connectivity index (χ3v) is 7.35. The summed E-state index contributed by atoms with van der Waals surface area (Å²) >= 11 is 12.6. The van der Waals surface area contributed by atoms with Crippen LogP contribution in [0.1, 0.15) is 29.9 Å². The second kappa shape index (κ2) is 7.85. The lowest BCUT2D eigenvalue weighted by molar-refractivity contribution is -0.125. The van der Waals surface area contributed by atoms with Gasteiger partial charge in [-0.15, -0.1) is 0 Å². The SMILES string of the molecule is O=C1C[C@H](C2C=CC=CC2)[C@@]2(C(=O)Nc3cc(Cl)ccc32)[C@H](c2cccc(Cl)c2)CN1. The maximum absolute atomic E-state index is 13.9. The van der Waals surface area contributed by atoms with Crippen molar-refractivity contribution in [1.29, 1.82) is 0 Å². The molecule has 0 radical (unpaired) electrons. The minimum absolute atomic E-state index is 0.0351. The summed E-state index contributed by atoms with van der Waals surface area (Å²) in [6.07, 6.45) is 9.31. The summed E-state index contributed by atoms with van der Waals surface area (Å²) < 4.78 is 0. The van der Waals surface area contributed by atoms with Crippen molar-refractivity contribution < 1.29 is 9.59 Å². The molecular formula is C25H22Cl2N2O2. The van der Waals surface area contributed by atoms with Gasteiger partial charge in [0.25, 0.3) is 0 Å². The molecule has 2 N–H and O–H groups in total. The van der Waals surface area contributed by atoms with E-state index in [9.17, 15) is 9.59 Å². The van der Waals surface area contributed by atoms with Crippen molar-refractivity contribution in [1.82, 2.24) is 5.32 Å². The van der Waals surface area contributed by atoms with Crippen molar-refractivity contribution in [2.24, 2.45) is 11.8 Å². The van der Waals surface area contributed by atoms with E-state index in [1.165, 1.54) is 0 Å². The van der Waals surface area contributed by atoms with Gasteiger partial charge in [-0.3, -0.25) is 9.59 Å². The van der Waals surface area contributed by atoms with Gasteiger partial charge in [-0.1, -0.05) is 65.7 Å². The van der Waals surface area contributed by atoms with Gasteiger partial charge in [0.15, 0.2) is 0 Å². The van der Waals surface area contributed by atoms with Gasteiger partial charge in [-0.2, -0.15) is 0 Å². The maximum atomic E-state index is 13.9. The van der Waals surface area contributed by atoms with Crippen molar-refractivity contribution >= 4 is 40.7 Å². The molecule has 1 saturated heterocycles. The molecule has 158 valence electrons. The molecule has 2 amide bonds. The Bertz CT molecular complexity index is 1130. The zero-order chi connectivity index (χ0) is 21.6. The monoisotopic (exact) mass is 452 g/mol. The van der Waals surface area contributed by atoms with Crippen LogP contribution >= 0.6 is 23.2 Å². The van der Waals surface area contributed by atoms with Crippen LogP contribution in [0.2, 0.25) is 10.0 Å². The Balaban J connectivity index is 1.78. The number of hydrogen-bond acceptors (Lipinski definition) is 2. The van der Waals surface area contributed by atoms with E-state index in [1.54, 1.807) is 6.07 Å². The minimum atomic E-state index is -0.927.